The highest BCUT2D eigenvalue weighted by atomic mass is 32.2. The minimum absolute atomic E-state index is 0.0870. The predicted molar refractivity (Wildman–Crippen MR) is 74.4 cm³/mol. The van der Waals surface area contributed by atoms with Gasteiger partial charge in [-0.25, -0.2) is 8.42 Å². The molecule has 0 radical (unpaired) electrons. The van der Waals surface area contributed by atoms with Crippen LogP contribution in [0.15, 0.2) is 0 Å². The van der Waals surface area contributed by atoms with E-state index in [4.69, 9.17) is 18.0 Å². The molecule has 0 spiro atoms. The molecule has 6 heteroatoms. The summed E-state index contributed by atoms with van der Waals surface area (Å²) in [6, 6.07) is 0.147. The van der Waals surface area contributed by atoms with Gasteiger partial charge in [0, 0.05) is 12.6 Å². The largest absolute Gasteiger partial charge is 0.392 e. The van der Waals surface area contributed by atoms with Gasteiger partial charge in [0.1, 0.15) is 5.25 Å². The molecular weight excluding hydrogens is 256 g/mol. The molecule has 1 atom stereocenters. The SMILES string of the molecule is CCC(C(N)=S)S(=O)(=O)N(CC)C1CCCC1. The normalized spacial score (nSPS) is 19.7. The Balaban J connectivity index is 2.95. The fraction of sp³-hybridized carbons (Fsp3) is 0.909. The maximum absolute atomic E-state index is 12.5. The molecule has 2 N–H and O–H groups in total. The Kier molecular flexibility index (Phi) is 5.34. The van der Waals surface area contributed by atoms with Gasteiger partial charge in [-0.2, -0.15) is 4.31 Å². The number of nitrogens with two attached hydrogens (primary N) is 1. The third-order valence-corrected chi connectivity index (χ3v) is 6.37. The monoisotopic (exact) mass is 278 g/mol. The molecule has 0 aromatic rings. The third-order valence-electron chi connectivity index (χ3n) is 3.42. The molecule has 1 rings (SSSR count). The van der Waals surface area contributed by atoms with E-state index in [2.05, 4.69) is 0 Å². The Bertz CT molecular complexity index is 362. The highest BCUT2D eigenvalue weighted by Crippen LogP contribution is 2.27. The smallest absolute Gasteiger partial charge is 0.223 e. The van der Waals surface area contributed by atoms with Gasteiger partial charge in [-0.3, -0.25) is 0 Å². The lowest BCUT2D eigenvalue weighted by molar-refractivity contribution is 0.333. The summed E-state index contributed by atoms with van der Waals surface area (Å²) in [6.45, 7) is 4.19. The van der Waals surface area contributed by atoms with Crippen molar-refractivity contribution in [1.82, 2.24) is 4.31 Å². The van der Waals surface area contributed by atoms with Gasteiger partial charge in [0.05, 0.1) is 4.99 Å². The zero-order valence-electron chi connectivity index (χ0n) is 10.6. The first-order chi connectivity index (χ1) is 7.95. The fourth-order valence-corrected chi connectivity index (χ4v) is 5.12. The lowest BCUT2D eigenvalue weighted by atomic mass is 10.2. The highest BCUT2D eigenvalue weighted by Gasteiger charge is 2.37. The molecule has 4 nitrogen and oxygen atoms in total. The van der Waals surface area contributed by atoms with Crippen molar-refractivity contribution in [2.24, 2.45) is 5.73 Å². The van der Waals surface area contributed by atoms with E-state index in [1.54, 1.807) is 4.31 Å². The van der Waals surface area contributed by atoms with Crippen LogP contribution < -0.4 is 5.73 Å². The quantitative estimate of drug-likeness (QED) is 0.750. The molecule has 1 aliphatic carbocycles. The molecule has 1 unspecified atom stereocenters. The van der Waals surface area contributed by atoms with Crippen LogP contribution in [-0.2, 0) is 10.0 Å². The van der Waals surface area contributed by atoms with Crippen LogP contribution in [0.4, 0.5) is 0 Å². The number of rotatable bonds is 6. The van der Waals surface area contributed by atoms with Gasteiger partial charge in [0.15, 0.2) is 0 Å². The lowest BCUT2D eigenvalue weighted by Gasteiger charge is -2.30. The van der Waals surface area contributed by atoms with E-state index in [0.29, 0.717) is 13.0 Å². The molecule has 1 fully saturated rings. The van der Waals surface area contributed by atoms with Crippen LogP contribution in [0.25, 0.3) is 0 Å². The summed E-state index contributed by atoms with van der Waals surface area (Å²) in [5.41, 5.74) is 5.55. The molecule has 0 amide bonds. The van der Waals surface area contributed by atoms with E-state index in [9.17, 15) is 8.42 Å². The molecule has 1 aliphatic rings. The van der Waals surface area contributed by atoms with Crippen molar-refractivity contribution in [3.63, 3.8) is 0 Å². The van der Waals surface area contributed by atoms with Gasteiger partial charge in [0.25, 0.3) is 0 Å². The molecule has 1 saturated carbocycles. The average Bonchev–Trinajstić information content (AvgIpc) is 2.71. The maximum atomic E-state index is 12.5. The van der Waals surface area contributed by atoms with Gasteiger partial charge in [-0.15, -0.1) is 0 Å². The zero-order valence-corrected chi connectivity index (χ0v) is 12.2. The summed E-state index contributed by atoms with van der Waals surface area (Å²) in [4.78, 5) is 0.0870. The van der Waals surface area contributed by atoms with Crippen LogP contribution >= 0.6 is 12.2 Å². The lowest BCUT2D eigenvalue weighted by Crippen LogP contribution is -2.47. The second-order valence-electron chi connectivity index (χ2n) is 4.49. The van der Waals surface area contributed by atoms with Crippen LogP contribution in [0.1, 0.15) is 46.0 Å². The van der Waals surface area contributed by atoms with Crippen molar-refractivity contribution in [3.8, 4) is 0 Å². The van der Waals surface area contributed by atoms with E-state index in [0.717, 1.165) is 25.7 Å². The molecule has 0 heterocycles. The minimum Gasteiger partial charge on any atom is -0.392 e. The number of hydrogen-bond donors (Lipinski definition) is 1. The van der Waals surface area contributed by atoms with E-state index >= 15 is 0 Å². The minimum atomic E-state index is -3.38. The van der Waals surface area contributed by atoms with Gasteiger partial charge in [-0.1, -0.05) is 38.9 Å². The van der Waals surface area contributed by atoms with Crippen molar-refractivity contribution < 1.29 is 8.42 Å². The Morgan fingerprint density at radius 3 is 2.29 bits per heavy atom. The fourth-order valence-electron chi connectivity index (χ4n) is 2.56. The van der Waals surface area contributed by atoms with Crippen molar-refractivity contribution in [2.45, 2.75) is 57.2 Å². The second kappa shape index (κ2) is 6.11. The van der Waals surface area contributed by atoms with Crippen molar-refractivity contribution >= 4 is 27.2 Å². The summed E-state index contributed by atoms with van der Waals surface area (Å²) < 4.78 is 26.6. The summed E-state index contributed by atoms with van der Waals surface area (Å²) >= 11 is 4.88. The van der Waals surface area contributed by atoms with Crippen LogP contribution in [-0.4, -0.2) is 35.5 Å². The second-order valence-corrected chi connectivity index (χ2v) is 7.03. The Hall–Kier alpha value is -0.200. The standard InChI is InChI=1S/C11H22N2O2S2/c1-3-10(11(12)16)17(14,15)13(4-2)9-7-5-6-8-9/h9-10H,3-8H2,1-2H3,(H2,12,16). The molecule has 0 saturated heterocycles. The highest BCUT2D eigenvalue weighted by molar-refractivity contribution is 7.92. The topological polar surface area (TPSA) is 63.4 Å². The van der Waals surface area contributed by atoms with Crippen molar-refractivity contribution in [3.05, 3.63) is 0 Å². The molecular formula is C11H22N2O2S2. The van der Waals surface area contributed by atoms with Gasteiger partial charge < -0.3 is 5.73 Å². The molecule has 0 aromatic heterocycles. The average molecular weight is 278 g/mol. The van der Waals surface area contributed by atoms with Crippen LogP contribution in [0, 0.1) is 0 Å². The maximum Gasteiger partial charge on any atom is 0.223 e. The van der Waals surface area contributed by atoms with Crippen molar-refractivity contribution in [2.75, 3.05) is 6.54 Å². The first-order valence-electron chi connectivity index (χ1n) is 6.25. The van der Waals surface area contributed by atoms with E-state index in [-0.39, 0.29) is 11.0 Å². The molecule has 0 bridgehead atoms. The summed E-state index contributed by atoms with van der Waals surface area (Å²) in [5, 5.41) is -0.710. The Labute approximate surface area is 110 Å². The molecule has 0 aromatic carbocycles. The number of thiocarbonyl (C=S) groups is 1. The van der Waals surface area contributed by atoms with E-state index < -0.39 is 15.3 Å². The van der Waals surface area contributed by atoms with Gasteiger partial charge >= 0.3 is 0 Å². The first-order valence-corrected chi connectivity index (χ1v) is 8.16. The van der Waals surface area contributed by atoms with Crippen LogP contribution in [0.5, 0.6) is 0 Å². The van der Waals surface area contributed by atoms with Crippen molar-refractivity contribution in [1.29, 1.82) is 0 Å². The van der Waals surface area contributed by atoms with Crippen LogP contribution in [0.2, 0.25) is 0 Å². The molecule has 0 aliphatic heterocycles. The number of nitrogens with zero attached hydrogens (tertiary/aromatic N) is 1. The zero-order chi connectivity index (χ0) is 13.1. The third kappa shape index (κ3) is 3.17. The Morgan fingerprint density at radius 1 is 1.41 bits per heavy atom. The summed E-state index contributed by atoms with van der Waals surface area (Å²) in [7, 11) is -3.38. The molecule has 17 heavy (non-hydrogen) atoms. The first kappa shape index (κ1) is 14.9. The van der Waals surface area contributed by atoms with Crippen LogP contribution in [0.3, 0.4) is 0 Å². The van der Waals surface area contributed by atoms with Gasteiger partial charge in [0.2, 0.25) is 10.0 Å². The van der Waals surface area contributed by atoms with E-state index in [1.807, 2.05) is 13.8 Å². The summed E-state index contributed by atoms with van der Waals surface area (Å²) in [5.74, 6) is 0. The molecule has 100 valence electrons. The Morgan fingerprint density at radius 2 is 1.94 bits per heavy atom. The summed E-state index contributed by atoms with van der Waals surface area (Å²) in [6.07, 6.45) is 4.59. The van der Waals surface area contributed by atoms with Gasteiger partial charge in [-0.05, 0) is 19.3 Å². The number of hydrogen-bond acceptors (Lipinski definition) is 3. The van der Waals surface area contributed by atoms with E-state index in [1.165, 1.54) is 0 Å². The predicted octanol–water partition coefficient (Wildman–Crippen LogP) is 1.65. The number of sulfonamides is 1.